The standard InChI is InChI=1S/C34H32O2P2/c1-35-27-33(36-38(31-23-13-5-14-24-31)32-25-15-6-16-26-32)34(28-17-7-2-8-18-28)37(29-19-9-3-10-20-29)30-21-11-4-12-22-30/h2-26,33-34H,27H2,1H3/t33-,34+/m0/s1. The minimum absolute atomic E-state index is 0.0911. The Morgan fingerprint density at radius 1 is 0.500 bits per heavy atom. The van der Waals surface area contributed by atoms with Crippen LogP contribution in [0.15, 0.2) is 152 Å². The number of hydrogen-bond acceptors (Lipinski definition) is 2. The van der Waals surface area contributed by atoms with E-state index in [0.29, 0.717) is 6.61 Å². The van der Waals surface area contributed by atoms with Gasteiger partial charge in [0.15, 0.2) is 0 Å². The minimum atomic E-state index is -1.06. The summed E-state index contributed by atoms with van der Waals surface area (Å²) in [5.41, 5.74) is 1.36. The van der Waals surface area contributed by atoms with Crippen LogP contribution in [-0.4, -0.2) is 19.8 Å². The van der Waals surface area contributed by atoms with E-state index in [-0.39, 0.29) is 11.8 Å². The smallest absolute Gasteiger partial charge is 0.0973 e. The molecule has 5 aromatic rings. The summed E-state index contributed by atoms with van der Waals surface area (Å²) in [4.78, 5) is 0. The summed E-state index contributed by atoms with van der Waals surface area (Å²) < 4.78 is 13.2. The molecule has 5 rings (SSSR count). The van der Waals surface area contributed by atoms with Crippen LogP contribution in [0.5, 0.6) is 0 Å². The molecule has 0 aromatic heterocycles. The first kappa shape index (κ1) is 26.5. The van der Waals surface area contributed by atoms with E-state index in [0.717, 1.165) is 0 Å². The van der Waals surface area contributed by atoms with Gasteiger partial charge in [0.1, 0.15) is 0 Å². The van der Waals surface area contributed by atoms with E-state index in [2.05, 4.69) is 152 Å². The van der Waals surface area contributed by atoms with E-state index in [1.54, 1.807) is 7.11 Å². The Balaban J connectivity index is 1.65. The van der Waals surface area contributed by atoms with Crippen LogP contribution in [0.4, 0.5) is 0 Å². The first-order valence-electron chi connectivity index (χ1n) is 12.9. The summed E-state index contributed by atoms with van der Waals surface area (Å²) in [5.74, 6) is 0. The van der Waals surface area contributed by atoms with Gasteiger partial charge < -0.3 is 9.26 Å². The van der Waals surface area contributed by atoms with E-state index in [1.165, 1.54) is 26.8 Å². The lowest BCUT2D eigenvalue weighted by Crippen LogP contribution is -2.32. The zero-order valence-corrected chi connectivity index (χ0v) is 23.3. The molecule has 0 amide bonds. The molecule has 190 valence electrons. The number of methoxy groups -OCH3 is 1. The molecule has 38 heavy (non-hydrogen) atoms. The predicted octanol–water partition coefficient (Wildman–Crippen LogP) is 6.94. The summed E-state index contributed by atoms with van der Waals surface area (Å²) >= 11 is 0. The summed E-state index contributed by atoms with van der Waals surface area (Å²) in [6, 6.07) is 53.8. The third kappa shape index (κ3) is 6.47. The van der Waals surface area contributed by atoms with Gasteiger partial charge in [-0.05, 0) is 24.1 Å². The van der Waals surface area contributed by atoms with Crippen molar-refractivity contribution in [1.82, 2.24) is 0 Å². The molecule has 0 heterocycles. The number of rotatable bonds is 11. The number of hydrogen-bond donors (Lipinski definition) is 0. The second-order valence-corrected chi connectivity index (χ2v) is 13.1. The monoisotopic (exact) mass is 534 g/mol. The minimum Gasteiger partial charge on any atom is -0.382 e. The SMILES string of the molecule is COC[C@H](OP(c1ccccc1)c1ccccc1)[C@@H](c1ccccc1)P(c1ccccc1)c1ccccc1. The van der Waals surface area contributed by atoms with Crippen LogP contribution in [0.25, 0.3) is 0 Å². The van der Waals surface area contributed by atoms with Gasteiger partial charge in [-0.2, -0.15) is 0 Å². The quantitative estimate of drug-likeness (QED) is 0.171. The van der Waals surface area contributed by atoms with Gasteiger partial charge in [-0.25, -0.2) is 0 Å². The van der Waals surface area contributed by atoms with E-state index in [4.69, 9.17) is 9.26 Å². The van der Waals surface area contributed by atoms with Crippen LogP contribution in [0, 0.1) is 0 Å². The highest BCUT2D eigenvalue weighted by atomic mass is 31.1. The van der Waals surface area contributed by atoms with E-state index in [9.17, 15) is 0 Å². The van der Waals surface area contributed by atoms with Gasteiger partial charge in [0.25, 0.3) is 0 Å². The topological polar surface area (TPSA) is 18.5 Å². The normalized spacial score (nSPS) is 12.9. The fourth-order valence-electron chi connectivity index (χ4n) is 4.70. The molecule has 0 saturated carbocycles. The summed E-state index contributed by atoms with van der Waals surface area (Å²) in [6.07, 6.45) is -0.166. The van der Waals surface area contributed by atoms with Gasteiger partial charge >= 0.3 is 0 Å². The molecule has 0 N–H and O–H groups in total. The van der Waals surface area contributed by atoms with Crippen molar-refractivity contribution in [3.63, 3.8) is 0 Å². The molecule has 4 heteroatoms. The van der Waals surface area contributed by atoms with E-state index < -0.39 is 16.1 Å². The van der Waals surface area contributed by atoms with Crippen molar-refractivity contribution in [3.8, 4) is 0 Å². The molecule has 2 nitrogen and oxygen atoms in total. The Morgan fingerprint density at radius 3 is 1.26 bits per heavy atom. The van der Waals surface area contributed by atoms with Crippen LogP contribution in [0.2, 0.25) is 0 Å². The molecule has 0 aliphatic heterocycles. The number of benzene rings is 5. The summed E-state index contributed by atoms with van der Waals surface area (Å²) in [7, 11) is -0.0846. The second kappa shape index (κ2) is 13.6. The Hall–Kier alpha value is -3.12. The van der Waals surface area contributed by atoms with Gasteiger partial charge in [0.05, 0.1) is 20.9 Å². The van der Waals surface area contributed by atoms with Crippen molar-refractivity contribution in [1.29, 1.82) is 0 Å². The molecule has 0 aliphatic rings. The van der Waals surface area contributed by atoms with E-state index in [1.807, 2.05) is 0 Å². The molecule has 0 aliphatic carbocycles. The molecule has 0 radical (unpaired) electrons. The van der Waals surface area contributed by atoms with Crippen LogP contribution in [-0.2, 0) is 9.26 Å². The first-order chi connectivity index (χ1) is 18.8. The highest BCUT2D eigenvalue weighted by Gasteiger charge is 2.36. The molecule has 5 aromatic carbocycles. The molecular weight excluding hydrogens is 502 g/mol. The van der Waals surface area contributed by atoms with Gasteiger partial charge in [-0.1, -0.05) is 152 Å². The van der Waals surface area contributed by atoms with Gasteiger partial charge in [0, 0.05) is 23.4 Å². The lowest BCUT2D eigenvalue weighted by Gasteiger charge is -2.37. The average molecular weight is 535 g/mol. The van der Waals surface area contributed by atoms with Gasteiger partial charge in [-0.3, -0.25) is 0 Å². The van der Waals surface area contributed by atoms with Crippen LogP contribution in [0.3, 0.4) is 0 Å². The van der Waals surface area contributed by atoms with E-state index >= 15 is 0 Å². The van der Waals surface area contributed by atoms with Crippen molar-refractivity contribution in [2.45, 2.75) is 11.8 Å². The maximum atomic E-state index is 7.26. The molecule has 0 fully saturated rings. The predicted molar refractivity (Wildman–Crippen MR) is 164 cm³/mol. The maximum absolute atomic E-state index is 7.26. The van der Waals surface area contributed by atoms with Gasteiger partial charge in [-0.15, -0.1) is 0 Å². The average Bonchev–Trinajstić information content (AvgIpc) is 3.00. The first-order valence-corrected chi connectivity index (χ1v) is 15.5. The van der Waals surface area contributed by atoms with Crippen molar-refractivity contribution < 1.29 is 9.26 Å². The van der Waals surface area contributed by atoms with Crippen molar-refractivity contribution >= 4 is 37.3 Å². The highest BCUT2D eigenvalue weighted by molar-refractivity contribution is 7.73. The largest absolute Gasteiger partial charge is 0.382 e. The van der Waals surface area contributed by atoms with Crippen molar-refractivity contribution in [2.75, 3.05) is 13.7 Å². The third-order valence-electron chi connectivity index (χ3n) is 6.39. The van der Waals surface area contributed by atoms with Gasteiger partial charge in [0.2, 0.25) is 0 Å². The Morgan fingerprint density at radius 2 is 0.868 bits per heavy atom. The third-order valence-corrected chi connectivity index (χ3v) is 11.3. The molecule has 0 bridgehead atoms. The second-order valence-electron chi connectivity index (χ2n) is 8.96. The maximum Gasteiger partial charge on any atom is 0.0973 e. The van der Waals surface area contributed by atoms with Crippen LogP contribution < -0.4 is 21.2 Å². The zero-order chi connectivity index (χ0) is 26.0. The molecule has 0 spiro atoms. The molecule has 2 atom stereocenters. The van der Waals surface area contributed by atoms with Crippen LogP contribution >= 0.6 is 16.1 Å². The Kier molecular flexibility index (Phi) is 9.48. The number of ether oxygens (including phenoxy) is 1. The summed E-state index contributed by atoms with van der Waals surface area (Å²) in [5, 5.41) is 5.06. The van der Waals surface area contributed by atoms with Crippen LogP contribution in [0.1, 0.15) is 11.2 Å². The lowest BCUT2D eigenvalue weighted by atomic mass is 10.1. The fraction of sp³-hybridized carbons (Fsp3) is 0.118. The van der Waals surface area contributed by atoms with Crippen molar-refractivity contribution in [2.24, 2.45) is 0 Å². The molecular formula is C34H32O2P2. The Labute approximate surface area is 228 Å². The Bertz CT molecular complexity index is 1270. The lowest BCUT2D eigenvalue weighted by molar-refractivity contribution is 0.0891. The fourth-order valence-corrected chi connectivity index (χ4v) is 9.56. The summed E-state index contributed by atoms with van der Waals surface area (Å²) in [6.45, 7) is 0.497. The molecule has 0 unspecified atom stereocenters. The zero-order valence-electron chi connectivity index (χ0n) is 21.5. The van der Waals surface area contributed by atoms with Crippen molar-refractivity contribution in [3.05, 3.63) is 157 Å². The highest BCUT2D eigenvalue weighted by Crippen LogP contribution is 2.54. The molecule has 0 saturated heterocycles.